The summed E-state index contributed by atoms with van der Waals surface area (Å²) in [6.45, 7) is 8.70. The highest BCUT2D eigenvalue weighted by Crippen LogP contribution is 2.36. The summed E-state index contributed by atoms with van der Waals surface area (Å²) >= 11 is 0. The summed E-state index contributed by atoms with van der Waals surface area (Å²) in [4.78, 5) is 20.7. The summed E-state index contributed by atoms with van der Waals surface area (Å²) in [6, 6.07) is 7.75. The number of nitrogens with zero attached hydrogens (tertiary/aromatic N) is 1. The van der Waals surface area contributed by atoms with Crippen LogP contribution in [0, 0.1) is 17.8 Å². The molecule has 1 aliphatic heterocycles. The monoisotopic (exact) mass is 475 g/mol. The Balaban J connectivity index is 1.60. The summed E-state index contributed by atoms with van der Waals surface area (Å²) in [6.07, 6.45) is 2.13. The zero-order chi connectivity index (χ0) is 24.3. The minimum atomic E-state index is -0.524. The van der Waals surface area contributed by atoms with Crippen LogP contribution in [0.4, 0.5) is 0 Å². The molecule has 0 bridgehead atoms. The van der Waals surface area contributed by atoms with E-state index in [2.05, 4.69) is 29.1 Å². The van der Waals surface area contributed by atoms with Crippen LogP contribution >= 0.6 is 0 Å². The Morgan fingerprint density at radius 3 is 2.68 bits per heavy atom. The molecule has 9 nitrogen and oxygen atoms in total. The van der Waals surface area contributed by atoms with Crippen LogP contribution in [0.1, 0.15) is 33.0 Å². The van der Waals surface area contributed by atoms with Crippen molar-refractivity contribution in [2.45, 2.75) is 40.0 Å². The topological polar surface area (TPSA) is 115 Å². The SMILES string of the molecule is CCO[C@H]1OC(C(=O)NCc2nc3ccccc3[nH]2)=C[C@@H](C(C)C)[C@@H]1CCOCCOCCO. The Morgan fingerprint density at radius 1 is 1.21 bits per heavy atom. The fraction of sp³-hybridized carbons (Fsp3) is 0.600. The normalized spacial score (nSPS) is 20.4. The van der Waals surface area contributed by atoms with Crippen molar-refractivity contribution in [1.29, 1.82) is 0 Å². The molecule has 3 rings (SSSR count). The first kappa shape index (κ1) is 26.2. The molecule has 1 amide bonds. The Bertz CT molecular complexity index is 895. The number of H-pyrrole nitrogens is 1. The Kier molecular flexibility index (Phi) is 10.3. The van der Waals surface area contributed by atoms with Crippen LogP contribution in [-0.2, 0) is 30.3 Å². The van der Waals surface area contributed by atoms with E-state index < -0.39 is 6.29 Å². The van der Waals surface area contributed by atoms with E-state index in [0.717, 1.165) is 17.5 Å². The number of aliphatic hydroxyl groups is 1. The molecule has 1 aliphatic rings. The molecule has 0 saturated heterocycles. The average molecular weight is 476 g/mol. The molecule has 2 aromatic rings. The number of aromatic amines is 1. The number of nitrogens with one attached hydrogen (secondary N) is 2. The highest BCUT2D eigenvalue weighted by molar-refractivity contribution is 5.91. The van der Waals surface area contributed by atoms with Crippen LogP contribution in [0.25, 0.3) is 11.0 Å². The number of imidazole rings is 1. The highest BCUT2D eigenvalue weighted by Gasteiger charge is 2.38. The molecule has 3 N–H and O–H groups in total. The van der Waals surface area contributed by atoms with Gasteiger partial charge in [0.05, 0.1) is 44.0 Å². The maximum Gasteiger partial charge on any atom is 0.286 e. The van der Waals surface area contributed by atoms with E-state index >= 15 is 0 Å². The van der Waals surface area contributed by atoms with Crippen molar-refractivity contribution in [3.8, 4) is 0 Å². The predicted molar refractivity (Wildman–Crippen MR) is 128 cm³/mol. The lowest BCUT2D eigenvalue weighted by Crippen LogP contribution is -2.41. The van der Waals surface area contributed by atoms with Crippen LogP contribution in [0.15, 0.2) is 36.1 Å². The molecule has 2 heterocycles. The standard InChI is InChI=1S/C25H37N3O6/c1-4-33-25-18(9-11-31-13-14-32-12-10-29)19(17(2)3)15-22(34-25)24(30)26-16-23-27-20-7-5-6-8-21(20)28-23/h5-8,15,17-19,25,29H,4,9-14,16H2,1-3H3,(H,26,30)(H,27,28)/t18-,19-,25-/m0/s1. The maximum atomic E-state index is 12.9. The molecule has 0 fully saturated rings. The fourth-order valence-electron chi connectivity index (χ4n) is 4.14. The van der Waals surface area contributed by atoms with E-state index in [1.165, 1.54) is 0 Å². The van der Waals surface area contributed by atoms with Gasteiger partial charge in [-0.2, -0.15) is 0 Å². The predicted octanol–water partition coefficient (Wildman–Crippen LogP) is 2.76. The zero-order valence-corrected chi connectivity index (χ0v) is 20.3. The van der Waals surface area contributed by atoms with Crippen molar-refractivity contribution >= 4 is 16.9 Å². The number of benzene rings is 1. The van der Waals surface area contributed by atoms with E-state index in [0.29, 0.717) is 44.8 Å². The minimum Gasteiger partial charge on any atom is -0.459 e. The summed E-state index contributed by atoms with van der Waals surface area (Å²) in [7, 11) is 0. The number of hydrogen-bond donors (Lipinski definition) is 3. The molecular formula is C25H37N3O6. The Labute approximate surface area is 200 Å². The molecule has 1 aromatic carbocycles. The van der Waals surface area contributed by atoms with E-state index in [1.807, 2.05) is 37.3 Å². The summed E-state index contributed by atoms with van der Waals surface area (Å²) in [5.74, 6) is 1.14. The van der Waals surface area contributed by atoms with E-state index in [1.54, 1.807) is 0 Å². The smallest absolute Gasteiger partial charge is 0.286 e. The largest absolute Gasteiger partial charge is 0.459 e. The van der Waals surface area contributed by atoms with Crippen LogP contribution in [0.3, 0.4) is 0 Å². The van der Waals surface area contributed by atoms with E-state index in [9.17, 15) is 4.79 Å². The number of rotatable bonds is 14. The van der Waals surface area contributed by atoms with Crippen LogP contribution in [0.5, 0.6) is 0 Å². The van der Waals surface area contributed by atoms with Crippen LogP contribution in [0.2, 0.25) is 0 Å². The molecule has 9 heteroatoms. The van der Waals surface area contributed by atoms with Crippen molar-refractivity contribution < 1.29 is 28.8 Å². The molecule has 1 aromatic heterocycles. The highest BCUT2D eigenvalue weighted by atomic mass is 16.7. The van der Waals surface area contributed by atoms with Gasteiger partial charge in [0.2, 0.25) is 6.29 Å². The van der Waals surface area contributed by atoms with Crippen molar-refractivity contribution in [2.24, 2.45) is 17.8 Å². The first-order chi connectivity index (χ1) is 16.5. The van der Waals surface area contributed by atoms with Gasteiger partial charge in [0, 0.05) is 19.1 Å². The van der Waals surface area contributed by atoms with E-state index in [4.69, 9.17) is 24.1 Å². The number of aliphatic hydroxyl groups excluding tert-OH is 1. The number of fused-ring (bicyclic) bond motifs is 1. The third-order valence-corrected chi connectivity index (χ3v) is 5.81. The molecule has 34 heavy (non-hydrogen) atoms. The Morgan fingerprint density at radius 2 is 1.97 bits per heavy atom. The summed E-state index contributed by atoms with van der Waals surface area (Å²) in [5, 5.41) is 11.7. The minimum absolute atomic E-state index is 0.00599. The quantitative estimate of drug-likeness (QED) is 0.360. The fourth-order valence-corrected chi connectivity index (χ4v) is 4.14. The number of allylic oxidation sites excluding steroid dienone is 1. The van der Waals surface area contributed by atoms with Gasteiger partial charge in [-0.3, -0.25) is 4.79 Å². The van der Waals surface area contributed by atoms with Crippen molar-refractivity contribution in [1.82, 2.24) is 15.3 Å². The van der Waals surface area contributed by atoms with Gasteiger partial charge in [-0.25, -0.2) is 4.98 Å². The van der Waals surface area contributed by atoms with Gasteiger partial charge in [0.15, 0.2) is 5.76 Å². The molecule has 0 radical (unpaired) electrons. The molecule has 0 aliphatic carbocycles. The van der Waals surface area contributed by atoms with Gasteiger partial charge in [0.25, 0.3) is 5.91 Å². The van der Waals surface area contributed by atoms with Crippen molar-refractivity contribution in [3.05, 3.63) is 41.9 Å². The molecule has 0 saturated carbocycles. The van der Waals surface area contributed by atoms with Crippen molar-refractivity contribution in [2.75, 3.05) is 39.6 Å². The third-order valence-electron chi connectivity index (χ3n) is 5.81. The van der Waals surface area contributed by atoms with Gasteiger partial charge in [0.1, 0.15) is 5.82 Å². The van der Waals surface area contributed by atoms with Gasteiger partial charge in [-0.15, -0.1) is 0 Å². The summed E-state index contributed by atoms with van der Waals surface area (Å²) in [5.41, 5.74) is 1.79. The molecule has 0 spiro atoms. The second kappa shape index (κ2) is 13.4. The number of aromatic nitrogens is 2. The third kappa shape index (κ3) is 7.27. The number of para-hydroxylation sites is 2. The first-order valence-corrected chi connectivity index (χ1v) is 12.0. The summed E-state index contributed by atoms with van der Waals surface area (Å²) < 4.78 is 22.8. The lowest BCUT2D eigenvalue weighted by atomic mass is 9.79. The Hall–Kier alpha value is -2.46. The zero-order valence-electron chi connectivity index (χ0n) is 20.3. The van der Waals surface area contributed by atoms with Gasteiger partial charge >= 0.3 is 0 Å². The lowest BCUT2D eigenvalue weighted by molar-refractivity contribution is -0.177. The van der Waals surface area contributed by atoms with Crippen LogP contribution in [-0.4, -0.2) is 66.9 Å². The maximum absolute atomic E-state index is 12.9. The lowest BCUT2D eigenvalue weighted by Gasteiger charge is -2.38. The number of ether oxygens (including phenoxy) is 4. The molecule has 188 valence electrons. The number of carbonyl (C=O) groups is 1. The molecule has 0 unspecified atom stereocenters. The van der Waals surface area contributed by atoms with Crippen LogP contribution < -0.4 is 5.32 Å². The first-order valence-electron chi connectivity index (χ1n) is 12.0. The number of amides is 1. The number of hydrogen-bond acceptors (Lipinski definition) is 7. The van der Waals surface area contributed by atoms with E-state index in [-0.39, 0.29) is 36.7 Å². The molecular weight excluding hydrogens is 438 g/mol. The second-order valence-corrected chi connectivity index (χ2v) is 8.58. The second-order valence-electron chi connectivity index (χ2n) is 8.58. The number of carbonyl (C=O) groups excluding carboxylic acids is 1. The van der Waals surface area contributed by atoms with Crippen molar-refractivity contribution in [3.63, 3.8) is 0 Å². The van der Waals surface area contributed by atoms with Gasteiger partial charge in [-0.1, -0.05) is 26.0 Å². The molecule has 3 atom stereocenters. The van der Waals surface area contributed by atoms with Gasteiger partial charge < -0.3 is 34.4 Å². The average Bonchev–Trinajstić information content (AvgIpc) is 3.25. The van der Waals surface area contributed by atoms with Gasteiger partial charge in [-0.05, 0) is 43.4 Å².